The van der Waals surface area contributed by atoms with Crippen LogP contribution in [0.5, 0.6) is 0 Å². The molecule has 0 N–H and O–H groups in total. The van der Waals surface area contributed by atoms with Gasteiger partial charge in [0.2, 0.25) is 0 Å². The summed E-state index contributed by atoms with van der Waals surface area (Å²) < 4.78 is 0. The summed E-state index contributed by atoms with van der Waals surface area (Å²) in [5.74, 6) is 2.45. The summed E-state index contributed by atoms with van der Waals surface area (Å²) in [6.07, 6.45) is 12.4. The third-order valence-electron chi connectivity index (χ3n) is 0.938. The Morgan fingerprint density at radius 2 is 2.00 bits per heavy atom. The first-order chi connectivity index (χ1) is 3.91. The molecule has 0 nitrogen and oxygen atoms in total. The van der Waals surface area contributed by atoms with E-state index in [0.29, 0.717) is 0 Å². The molecule has 60 valence electrons. The molecule has 0 saturated carbocycles. The highest BCUT2D eigenvalue weighted by Crippen LogP contribution is 1.93. The van der Waals surface area contributed by atoms with Crippen LogP contribution in [0.3, 0.4) is 0 Å². The first-order valence-corrected chi connectivity index (χ1v) is 3.03. The van der Waals surface area contributed by atoms with Crippen LogP contribution >= 0.6 is 24.8 Å². The van der Waals surface area contributed by atoms with Gasteiger partial charge in [-0.3, -0.25) is 0 Å². The molecule has 0 fully saturated rings. The fourth-order valence-electron chi connectivity index (χ4n) is 0.473. The van der Waals surface area contributed by atoms with Crippen LogP contribution in [0.25, 0.3) is 0 Å². The van der Waals surface area contributed by atoms with Crippen LogP contribution in [0, 0.1) is 12.3 Å². The maximum absolute atomic E-state index is 4.97. The lowest BCUT2D eigenvalue weighted by molar-refractivity contribution is 0.815. The minimum atomic E-state index is 0. The summed E-state index contributed by atoms with van der Waals surface area (Å²) >= 11 is 0. The van der Waals surface area contributed by atoms with E-state index in [2.05, 4.69) is 12.8 Å². The first-order valence-electron chi connectivity index (χ1n) is 3.03. The third-order valence-corrected chi connectivity index (χ3v) is 0.938. The highest BCUT2D eigenvalue weighted by Gasteiger charge is 1.73. The summed E-state index contributed by atoms with van der Waals surface area (Å²) in [7, 11) is 0. The average Bonchev–Trinajstić information content (AvgIpc) is 1.81. The molecule has 0 radical (unpaired) electrons. The van der Waals surface area contributed by atoms with Crippen molar-refractivity contribution in [1.82, 2.24) is 0 Å². The third kappa shape index (κ3) is 15.7. The van der Waals surface area contributed by atoms with E-state index in [1.807, 2.05) is 6.08 Å². The predicted octanol–water partition coefficient (Wildman–Crippen LogP) is 3.21. The van der Waals surface area contributed by atoms with Crippen LogP contribution in [0.1, 0.15) is 26.2 Å². The monoisotopic (exact) mass is 180 g/mol. The first kappa shape index (κ1) is 16.5. The lowest BCUT2D eigenvalue weighted by atomic mass is 10.2. The zero-order valence-electron chi connectivity index (χ0n) is 6.17. The number of rotatable bonds is 3. The molecule has 0 aliphatic rings. The smallest absolute Gasteiger partial charge is 0.0162 e. The molecule has 0 heterocycles. The van der Waals surface area contributed by atoms with Gasteiger partial charge in [0.05, 0.1) is 0 Å². The van der Waals surface area contributed by atoms with Gasteiger partial charge >= 0.3 is 0 Å². The molecular weight excluding hydrogens is 167 g/mol. The van der Waals surface area contributed by atoms with Gasteiger partial charge in [0, 0.05) is 0 Å². The van der Waals surface area contributed by atoms with Crippen LogP contribution in [-0.4, -0.2) is 0 Å². The summed E-state index contributed by atoms with van der Waals surface area (Å²) in [6.45, 7) is 2.17. The average molecular weight is 181 g/mol. The molecule has 0 unspecified atom stereocenters. The van der Waals surface area contributed by atoms with E-state index in [-0.39, 0.29) is 24.8 Å². The Morgan fingerprint density at radius 1 is 1.40 bits per heavy atom. The fourth-order valence-corrected chi connectivity index (χ4v) is 0.473. The molecule has 10 heavy (non-hydrogen) atoms. The number of allylic oxidation sites excluding steroid dienone is 2. The lowest BCUT2D eigenvalue weighted by Crippen LogP contribution is -1.64. The SMILES string of the molecule is C#CC=CCCCC.Cl.Cl. The molecule has 0 aromatic heterocycles. The van der Waals surface area contributed by atoms with E-state index in [1.165, 1.54) is 12.8 Å². The fraction of sp³-hybridized carbons (Fsp3) is 0.500. The standard InChI is InChI=1S/C8H12.2ClH/c1-3-5-7-8-6-4-2;;/h1,5,7H,4,6,8H2,2H3;2*1H. The van der Waals surface area contributed by atoms with E-state index in [9.17, 15) is 0 Å². The number of halogens is 2. The summed E-state index contributed by atoms with van der Waals surface area (Å²) in [6, 6.07) is 0. The Labute approximate surface area is 75.9 Å². The summed E-state index contributed by atoms with van der Waals surface area (Å²) in [5, 5.41) is 0. The van der Waals surface area contributed by atoms with Gasteiger partial charge in [0.25, 0.3) is 0 Å². The van der Waals surface area contributed by atoms with Gasteiger partial charge in [-0.25, -0.2) is 0 Å². The van der Waals surface area contributed by atoms with Crippen molar-refractivity contribution in [1.29, 1.82) is 0 Å². The van der Waals surface area contributed by atoms with Gasteiger partial charge in [-0.2, -0.15) is 0 Å². The maximum atomic E-state index is 4.97. The van der Waals surface area contributed by atoms with Gasteiger partial charge in [-0.1, -0.05) is 31.8 Å². The van der Waals surface area contributed by atoms with Crippen molar-refractivity contribution < 1.29 is 0 Å². The molecule has 0 atom stereocenters. The Morgan fingerprint density at radius 3 is 2.40 bits per heavy atom. The minimum absolute atomic E-state index is 0. The highest BCUT2D eigenvalue weighted by molar-refractivity contribution is 5.85. The zero-order chi connectivity index (χ0) is 6.24. The topological polar surface area (TPSA) is 0 Å². The van der Waals surface area contributed by atoms with Crippen molar-refractivity contribution in [2.45, 2.75) is 26.2 Å². The molecule has 0 amide bonds. The Balaban J connectivity index is -0.000000245. The zero-order valence-corrected chi connectivity index (χ0v) is 7.80. The molecule has 0 spiro atoms. The maximum Gasteiger partial charge on any atom is -0.0162 e. The number of unbranched alkanes of at least 4 members (excludes halogenated alkanes) is 2. The van der Waals surface area contributed by atoms with E-state index < -0.39 is 0 Å². The molecule has 0 aliphatic carbocycles. The van der Waals surface area contributed by atoms with Gasteiger partial charge in [-0.05, 0) is 12.5 Å². The Kier molecular flexibility index (Phi) is 26.2. The predicted molar refractivity (Wildman–Crippen MR) is 52.0 cm³/mol. The second-order valence-corrected chi connectivity index (χ2v) is 1.71. The van der Waals surface area contributed by atoms with E-state index in [0.717, 1.165) is 6.42 Å². The van der Waals surface area contributed by atoms with Gasteiger partial charge in [0.1, 0.15) is 0 Å². The number of hydrogen-bond acceptors (Lipinski definition) is 0. The van der Waals surface area contributed by atoms with Crippen molar-refractivity contribution in [3.8, 4) is 12.3 Å². The molecule has 0 aliphatic heterocycles. The van der Waals surface area contributed by atoms with Crippen molar-refractivity contribution in [3.05, 3.63) is 12.2 Å². The highest BCUT2D eigenvalue weighted by atomic mass is 35.5. The van der Waals surface area contributed by atoms with E-state index >= 15 is 0 Å². The number of terminal acetylenes is 1. The molecule has 0 bridgehead atoms. The quantitative estimate of drug-likeness (QED) is 0.463. The van der Waals surface area contributed by atoms with Crippen molar-refractivity contribution in [2.24, 2.45) is 0 Å². The Hall–Kier alpha value is -0.120. The Bertz CT molecular complexity index is 100. The minimum Gasteiger partial charge on any atom is -0.147 e. The molecule has 0 saturated heterocycles. The van der Waals surface area contributed by atoms with Crippen LogP contribution in [0.4, 0.5) is 0 Å². The van der Waals surface area contributed by atoms with Crippen LogP contribution < -0.4 is 0 Å². The second-order valence-electron chi connectivity index (χ2n) is 1.71. The van der Waals surface area contributed by atoms with Crippen LogP contribution in [-0.2, 0) is 0 Å². The molecule has 0 aromatic rings. The van der Waals surface area contributed by atoms with Crippen LogP contribution in [0.2, 0.25) is 0 Å². The largest absolute Gasteiger partial charge is 0.147 e. The number of hydrogen-bond donors (Lipinski definition) is 0. The van der Waals surface area contributed by atoms with Crippen molar-refractivity contribution in [2.75, 3.05) is 0 Å². The summed E-state index contributed by atoms with van der Waals surface area (Å²) in [5.41, 5.74) is 0. The van der Waals surface area contributed by atoms with Gasteiger partial charge < -0.3 is 0 Å². The summed E-state index contributed by atoms with van der Waals surface area (Å²) in [4.78, 5) is 0. The molecule has 0 aromatic carbocycles. The van der Waals surface area contributed by atoms with Crippen LogP contribution in [0.15, 0.2) is 12.2 Å². The molecule has 2 heteroatoms. The second kappa shape index (κ2) is 15.9. The van der Waals surface area contributed by atoms with Crippen molar-refractivity contribution >= 4 is 24.8 Å². The van der Waals surface area contributed by atoms with Gasteiger partial charge in [0.15, 0.2) is 0 Å². The molecule has 0 rings (SSSR count). The molecular formula is C8H14Cl2. The van der Waals surface area contributed by atoms with Crippen molar-refractivity contribution in [3.63, 3.8) is 0 Å². The van der Waals surface area contributed by atoms with E-state index in [1.54, 1.807) is 6.08 Å². The van der Waals surface area contributed by atoms with Gasteiger partial charge in [-0.15, -0.1) is 31.2 Å². The lowest BCUT2D eigenvalue weighted by Gasteiger charge is -1.83. The van der Waals surface area contributed by atoms with E-state index in [4.69, 9.17) is 6.42 Å². The normalized spacial score (nSPS) is 7.60.